The summed E-state index contributed by atoms with van der Waals surface area (Å²) in [5.41, 5.74) is 0.860. The van der Waals surface area contributed by atoms with E-state index >= 15 is 0 Å². The quantitative estimate of drug-likeness (QED) is 0.899. The van der Waals surface area contributed by atoms with E-state index in [2.05, 4.69) is 15.0 Å². The van der Waals surface area contributed by atoms with Crippen LogP contribution in [0.25, 0.3) is 11.5 Å². The van der Waals surface area contributed by atoms with Crippen LogP contribution in [0.3, 0.4) is 0 Å². The number of hydrogen-bond acceptors (Lipinski definition) is 6. The Morgan fingerprint density at radius 2 is 2.29 bits per heavy atom. The summed E-state index contributed by atoms with van der Waals surface area (Å²) >= 11 is 0. The van der Waals surface area contributed by atoms with Crippen LogP contribution in [-0.4, -0.2) is 59.4 Å². The normalized spacial score (nSPS) is 23.2. The van der Waals surface area contributed by atoms with Gasteiger partial charge in [0.25, 0.3) is 0 Å². The van der Waals surface area contributed by atoms with Gasteiger partial charge < -0.3 is 18.9 Å². The van der Waals surface area contributed by atoms with E-state index in [0.717, 1.165) is 18.7 Å². The second-order valence-electron chi connectivity index (χ2n) is 5.89. The number of rotatable bonds is 5. The standard InChI is InChI=1S/C15H21N3O3/c1-17(2)9-12-7-13(19)10-18(12)8-11-6-15(21-16-11)14-4-3-5-20-14/h3-6,12-13,19H,7-10H2,1-2H3. The predicted molar refractivity (Wildman–Crippen MR) is 77.6 cm³/mol. The maximum absolute atomic E-state index is 9.90. The summed E-state index contributed by atoms with van der Waals surface area (Å²) in [4.78, 5) is 4.40. The van der Waals surface area contributed by atoms with Crippen LogP contribution in [-0.2, 0) is 6.54 Å². The minimum absolute atomic E-state index is 0.258. The number of aliphatic hydroxyl groups excluding tert-OH is 1. The molecular weight excluding hydrogens is 270 g/mol. The van der Waals surface area contributed by atoms with Gasteiger partial charge in [-0.2, -0.15) is 0 Å². The predicted octanol–water partition coefficient (Wildman–Crippen LogP) is 1.43. The van der Waals surface area contributed by atoms with Crippen LogP contribution in [0, 0.1) is 0 Å². The highest BCUT2D eigenvalue weighted by molar-refractivity contribution is 5.49. The topological polar surface area (TPSA) is 65.9 Å². The Hall–Kier alpha value is -1.63. The summed E-state index contributed by atoms with van der Waals surface area (Å²) in [6, 6.07) is 5.91. The van der Waals surface area contributed by atoms with Gasteiger partial charge in [-0.05, 0) is 32.6 Å². The first-order chi connectivity index (χ1) is 10.1. The molecule has 1 saturated heterocycles. The van der Waals surface area contributed by atoms with Crippen LogP contribution in [0.1, 0.15) is 12.1 Å². The number of hydrogen-bond donors (Lipinski definition) is 1. The third-order valence-electron chi connectivity index (χ3n) is 3.77. The summed E-state index contributed by atoms with van der Waals surface area (Å²) < 4.78 is 10.6. The molecule has 0 aromatic carbocycles. The molecule has 6 nitrogen and oxygen atoms in total. The molecule has 1 aliphatic rings. The molecule has 0 spiro atoms. The summed E-state index contributed by atoms with van der Waals surface area (Å²) in [7, 11) is 4.10. The van der Waals surface area contributed by atoms with E-state index in [4.69, 9.17) is 8.94 Å². The molecule has 0 amide bonds. The lowest BCUT2D eigenvalue weighted by Gasteiger charge is -2.25. The van der Waals surface area contributed by atoms with E-state index in [-0.39, 0.29) is 6.10 Å². The third kappa shape index (κ3) is 3.34. The van der Waals surface area contributed by atoms with Crippen molar-refractivity contribution in [2.45, 2.75) is 25.1 Å². The maximum Gasteiger partial charge on any atom is 0.202 e. The van der Waals surface area contributed by atoms with Crippen molar-refractivity contribution in [3.05, 3.63) is 30.2 Å². The monoisotopic (exact) mass is 291 g/mol. The third-order valence-corrected chi connectivity index (χ3v) is 3.77. The Kier molecular flexibility index (Phi) is 4.10. The van der Waals surface area contributed by atoms with Crippen LogP contribution < -0.4 is 0 Å². The molecule has 1 aliphatic heterocycles. The Bertz CT molecular complexity index is 564. The number of nitrogens with zero attached hydrogens (tertiary/aromatic N) is 3. The van der Waals surface area contributed by atoms with Crippen molar-refractivity contribution in [1.82, 2.24) is 15.0 Å². The lowest BCUT2D eigenvalue weighted by Crippen LogP contribution is -2.37. The van der Waals surface area contributed by atoms with Crippen LogP contribution in [0.15, 0.2) is 33.4 Å². The molecule has 0 bridgehead atoms. The van der Waals surface area contributed by atoms with E-state index in [1.807, 2.05) is 32.3 Å². The Morgan fingerprint density at radius 1 is 1.43 bits per heavy atom. The fraction of sp³-hybridized carbons (Fsp3) is 0.533. The van der Waals surface area contributed by atoms with Crippen molar-refractivity contribution in [2.24, 2.45) is 0 Å². The summed E-state index contributed by atoms with van der Waals surface area (Å²) in [5, 5.41) is 14.0. The van der Waals surface area contributed by atoms with Crippen molar-refractivity contribution in [1.29, 1.82) is 0 Å². The van der Waals surface area contributed by atoms with Gasteiger partial charge >= 0.3 is 0 Å². The minimum Gasteiger partial charge on any atom is -0.461 e. The SMILES string of the molecule is CN(C)CC1CC(O)CN1Cc1cc(-c2ccco2)on1. The first-order valence-corrected chi connectivity index (χ1v) is 7.18. The second kappa shape index (κ2) is 6.01. The van der Waals surface area contributed by atoms with Crippen molar-refractivity contribution in [3.8, 4) is 11.5 Å². The molecular formula is C15H21N3O3. The molecule has 3 heterocycles. The molecule has 2 atom stereocenters. The molecule has 2 aromatic heterocycles. The van der Waals surface area contributed by atoms with Crippen LogP contribution >= 0.6 is 0 Å². The van der Waals surface area contributed by atoms with Crippen molar-refractivity contribution in [3.63, 3.8) is 0 Å². The second-order valence-corrected chi connectivity index (χ2v) is 5.89. The van der Waals surface area contributed by atoms with Crippen LogP contribution in [0.5, 0.6) is 0 Å². The van der Waals surface area contributed by atoms with Gasteiger partial charge in [0.05, 0.1) is 18.1 Å². The van der Waals surface area contributed by atoms with E-state index in [9.17, 15) is 5.11 Å². The van der Waals surface area contributed by atoms with Crippen molar-refractivity contribution < 1.29 is 14.0 Å². The van der Waals surface area contributed by atoms with Gasteiger partial charge in [-0.15, -0.1) is 0 Å². The molecule has 6 heteroatoms. The molecule has 21 heavy (non-hydrogen) atoms. The number of β-amino-alcohol motifs (C(OH)–C–C–N with tert-alkyl or cyclic N) is 1. The average Bonchev–Trinajstić information content (AvgIpc) is 3.11. The molecule has 2 unspecified atom stereocenters. The van der Waals surface area contributed by atoms with Crippen molar-refractivity contribution >= 4 is 0 Å². The van der Waals surface area contributed by atoms with Gasteiger partial charge in [0.15, 0.2) is 5.76 Å². The van der Waals surface area contributed by atoms with Gasteiger partial charge in [-0.1, -0.05) is 5.16 Å². The van der Waals surface area contributed by atoms with Gasteiger partial charge in [0, 0.05) is 31.7 Å². The van der Waals surface area contributed by atoms with Gasteiger partial charge in [-0.25, -0.2) is 0 Å². The molecule has 1 N–H and O–H groups in total. The Morgan fingerprint density at radius 3 is 3.00 bits per heavy atom. The zero-order valence-corrected chi connectivity index (χ0v) is 12.4. The van der Waals surface area contributed by atoms with Crippen molar-refractivity contribution in [2.75, 3.05) is 27.2 Å². The molecule has 0 saturated carbocycles. The average molecular weight is 291 g/mol. The lowest BCUT2D eigenvalue weighted by atomic mass is 10.2. The highest BCUT2D eigenvalue weighted by Crippen LogP contribution is 2.24. The zero-order chi connectivity index (χ0) is 14.8. The lowest BCUT2D eigenvalue weighted by molar-refractivity contribution is 0.167. The molecule has 0 radical (unpaired) electrons. The highest BCUT2D eigenvalue weighted by atomic mass is 16.5. The van der Waals surface area contributed by atoms with E-state index in [1.54, 1.807) is 6.26 Å². The first-order valence-electron chi connectivity index (χ1n) is 7.18. The minimum atomic E-state index is -0.258. The number of aliphatic hydroxyl groups is 1. The van der Waals surface area contributed by atoms with Gasteiger partial charge in [0.2, 0.25) is 5.76 Å². The van der Waals surface area contributed by atoms with Crippen LogP contribution in [0.4, 0.5) is 0 Å². The fourth-order valence-electron chi connectivity index (χ4n) is 2.89. The summed E-state index contributed by atoms with van der Waals surface area (Å²) in [6.07, 6.45) is 2.16. The molecule has 2 aromatic rings. The smallest absolute Gasteiger partial charge is 0.202 e. The summed E-state index contributed by atoms with van der Waals surface area (Å²) in [6.45, 7) is 2.29. The Labute approximate surface area is 123 Å². The number of likely N-dealkylation sites (tertiary alicyclic amines) is 1. The fourth-order valence-corrected chi connectivity index (χ4v) is 2.89. The molecule has 3 rings (SSSR count). The number of likely N-dealkylation sites (N-methyl/N-ethyl adjacent to an activating group) is 1. The maximum atomic E-state index is 9.90. The zero-order valence-electron chi connectivity index (χ0n) is 12.4. The van der Waals surface area contributed by atoms with Gasteiger partial charge in [0.1, 0.15) is 0 Å². The largest absolute Gasteiger partial charge is 0.461 e. The number of furan rings is 1. The van der Waals surface area contributed by atoms with E-state index in [0.29, 0.717) is 30.7 Å². The number of aromatic nitrogens is 1. The van der Waals surface area contributed by atoms with E-state index < -0.39 is 0 Å². The molecule has 1 fully saturated rings. The highest BCUT2D eigenvalue weighted by Gasteiger charge is 2.31. The molecule has 0 aliphatic carbocycles. The van der Waals surface area contributed by atoms with Crippen LogP contribution in [0.2, 0.25) is 0 Å². The summed E-state index contributed by atoms with van der Waals surface area (Å²) in [5.74, 6) is 1.32. The molecule has 114 valence electrons. The van der Waals surface area contributed by atoms with Gasteiger partial charge in [-0.3, -0.25) is 4.90 Å². The van der Waals surface area contributed by atoms with E-state index in [1.165, 1.54) is 0 Å². The first kappa shape index (κ1) is 14.3. The Balaban J connectivity index is 1.68.